The van der Waals surface area contributed by atoms with Gasteiger partial charge in [-0.3, -0.25) is 9.59 Å². The first-order valence-electron chi connectivity index (χ1n) is 8.91. The lowest BCUT2D eigenvalue weighted by Gasteiger charge is -2.32. The first-order valence-corrected chi connectivity index (χ1v) is 8.91. The summed E-state index contributed by atoms with van der Waals surface area (Å²) in [6, 6.07) is 12.8. The lowest BCUT2D eigenvalue weighted by atomic mass is 10.1. The Morgan fingerprint density at radius 3 is 1.96 bits per heavy atom. The standard InChI is InChI=1S/C21H25N3O2/c1-15-5-4-6-16(2)19(15)22-20(25)17-7-9-18(10-8-17)21(26)24-13-11-23(3)12-14-24/h4-10H,11-14H2,1-3H3,(H,22,25). The van der Waals surface area contributed by atoms with Gasteiger partial charge in [0.15, 0.2) is 0 Å². The molecule has 1 fully saturated rings. The lowest BCUT2D eigenvalue weighted by Crippen LogP contribution is -2.47. The van der Waals surface area contributed by atoms with Crippen molar-refractivity contribution in [2.75, 3.05) is 38.5 Å². The Bertz CT molecular complexity index is 786. The molecule has 0 bridgehead atoms. The third-order valence-electron chi connectivity index (χ3n) is 4.90. The van der Waals surface area contributed by atoms with E-state index in [0.29, 0.717) is 11.1 Å². The number of rotatable bonds is 3. The number of aryl methyl sites for hydroxylation is 2. The van der Waals surface area contributed by atoms with Gasteiger partial charge in [0.2, 0.25) is 0 Å². The highest BCUT2D eigenvalue weighted by atomic mass is 16.2. The van der Waals surface area contributed by atoms with Crippen LogP contribution < -0.4 is 5.32 Å². The van der Waals surface area contributed by atoms with Gasteiger partial charge in [-0.1, -0.05) is 18.2 Å². The van der Waals surface area contributed by atoms with Crippen LogP contribution in [0.5, 0.6) is 0 Å². The molecular formula is C21H25N3O2. The van der Waals surface area contributed by atoms with Crippen molar-refractivity contribution in [3.63, 3.8) is 0 Å². The smallest absolute Gasteiger partial charge is 0.255 e. The molecule has 3 rings (SSSR count). The quantitative estimate of drug-likeness (QED) is 0.925. The second-order valence-electron chi connectivity index (χ2n) is 6.89. The van der Waals surface area contributed by atoms with E-state index < -0.39 is 0 Å². The molecule has 0 atom stereocenters. The Kier molecular flexibility index (Phi) is 5.38. The Morgan fingerprint density at radius 2 is 1.38 bits per heavy atom. The van der Waals surface area contributed by atoms with Gasteiger partial charge in [-0.05, 0) is 56.3 Å². The summed E-state index contributed by atoms with van der Waals surface area (Å²) in [6.45, 7) is 7.21. The van der Waals surface area contributed by atoms with Crippen LogP contribution in [0.4, 0.5) is 5.69 Å². The van der Waals surface area contributed by atoms with Crippen LogP contribution in [0.25, 0.3) is 0 Å². The van der Waals surface area contributed by atoms with E-state index in [1.807, 2.05) is 36.9 Å². The van der Waals surface area contributed by atoms with E-state index in [4.69, 9.17) is 0 Å². The van der Waals surface area contributed by atoms with Gasteiger partial charge in [0, 0.05) is 43.0 Å². The number of carbonyl (C=O) groups is 2. The van der Waals surface area contributed by atoms with Crippen LogP contribution in [0.15, 0.2) is 42.5 Å². The number of likely N-dealkylation sites (N-methyl/N-ethyl adjacent to an activating group) is 1. The minimum atomic E-state index is -0.166. The van der Waals surface area contributed by atoms with Gasteiger partial charge >= 0.3 is 0 Å². The molecule has 0 saturated carbocycles. The number of piperazine rings is 1. The molecule has 0 spiro atoms. The van der Waals surface area contributed by atoms with Crippen LogP contribution in [0.1, 0.15) is 31.8 Å². The topological polar surface area (TPSA) is 52.7 Å². The average Bonchev–Trinajstić information content (AvgIpc) is 2.65. The van der Waals surface area contributed by atoms with E-state index in [9.17, 15) is 9.59 Å². The highest BCUT2D eigenvalue weighted by Crippen LogP contribution is 2.20. The zero-order valence-corrected chi connectivity index (χ0v) is 15.6. The normalized spacial score (nSPS) is 15.0. The highest BCUT2D eigenvalue weighted by molar-refractivity contribution is 6.05. The predicted molar refractivity (Wildman–Crippen MR) is 104 cm³/mol. The molecule has 2 aromatic rings. The SMILES string of the molecule is Cc1cccc(C)c1NC(=O)c1ccc(C(=O)N2CCN(C)CC2)cc1. The van der Waals surface area contributed by atoms with Crippen LogP contribution in [0.3, 0.4) is 0 Å². The summed E-state index contributed by atoms with van der Waals surface area (Å²) >= 11 is 0. The third kappa shape index (κ3) is 3.94. The molecule has 1 aliphatic heterocycles. The second kappa shape index (κ2) is 7.70. The Balaban J connectivity index is 1.69. The molecular weight excluding hydrogens is 326 g/mol. The molecule has 1 saturated heterocycles. The fraction of sp³-hybridized carbons (Fsp3) is 0.333. The maximum atomic E-state index is 12.6. The minimum absolute atomic E-state index is 0.0276. The van der Waals surface area contributed by atoms with Gasteiger partial charge in [0.25, 0.3) is 11.8 Å². The average molecular weight is 351 g/mol. The van der Waals surface area contributed by atoms with E-state index in [1.165, 1.54) is 0 Å². The van der Waals surface area contributed by atoms with Crippen molar-refractivity contribution in [1.29, 1.82) is 0 Å². The Morgan fingerprint density at radius 1 is 0.846 bits per heavy atom. The predicted octanol–water partition coefficient (Wildman–Crippen LogP) is 2.94. The Labute approximate surface area is 154 Å². The number of para-hydroxylation sites is 1. The van der Waals surface area contributed by atoms with Crippen LogP contribution >= 0.6 is 0 Å². The molecule has 0 aliphatic carbocycles. The number of hydrogen-bond donors (Lipinski definition) is 1. The molecule has 1 aliphatic rings. The summed E-state index contributed by atoms with van der Waals surface area (Å²) in [5.74, 6) is -0.138. The molecule has 0 aromatic heterocycles. The molecule has 1 N–H and O–H groups in total. The van der Waals surface area contributed by atoms with Crippen molar-refractivity contribution in [3.8, 4) is 0 Å². The number of benzene rings is 2. The number of carbonyl (C=O) groups excluding carboxylic acids is 2. The molecule has 5 heteroatoms. The van der Waals surface area contributed by atoms with Crippen molar-refractivity contribution in [2.24, 2.45) is 0 Å². The van der Waals surface area contributed by atoms with E-state index >= 15 is 0 Å². The number of nitrogens with one attached hydrogen (secondary N) is 1. The second-order valence-corrected chi connectivity index (χ2v) is 6.89. The molecule has 136 valence electrons. The fourth-order valence-electron chi connectivity index (χ4n) is 3.15. The van der Waals surface area contributed by atoms with Crippen LogP contribution in [0.2, 0.25) is 0 Å². The van der Waals surface area contributed by atoms with Gasteiger partial charge in [-0.15, -0.1) is 0 Å². The summed E-state index contributed by atoms with van der Waals surface area (Å²) in [5.41, 5.74) is 4.07. The molecule has 5 nitrogen and oxygen atoms in total. The van der Waals surface area contributed by atoms with E-state index in [0.717, 1.165) is 43.0 Å². The third-order valence-corrected chi connectivity index (χ3v) is 4.90. The van der Waals surface area contributed by atoms with E-state index in [2.05, 4.69) is 17.3 Å². The van der Waals surface area contributed by atoms with Crippen molar-refractivity contribution in [3.05, 3.63) is 64.7 Å². The number of amides is 2. The summed E-state index contributed by atoms with van der Waals surface area (Å²) in [7, 11) is 2.06. The fourth-order valence-corrected chi connectivity index (χ4v) is 3.15. The molecule has 26 heavy (non-hydrogen) atoms. The van der Waals surface area contributed by atoms with Crippen LogP contribution in [-0.4, -0.2) is 54.8 Å². The molecule has 0 radical (unpaired) electrons. The monoisotopic (exact) mass is 351 g/mol. The minimum Gasteiger partial charge on any atom is -0.336 e. The molecule has 0 unspecified atom stereocenters. The maximum absolute atomic E-state index is 12.6. The van der Waals surface area contributed by atoms with Crippen molar-refractivity contribution >= 4 is 17.5 Å². The largest absolute Gasteiger partial charge is 0.336 e. The summed E-state index contributed by atoms with van der Waals surface area (Å²) < 4.78 is 0. The van der Waals surface area contributed by atoms with E-state index in [-0.39, 0.29) is 11.8 Å². The summed E-state index contributed by atoms with van der Waals surface area (Å²) in [6.07, 6.45) is 0. The van der Waals surface area contributed by atoms with Gasteiger partial charge in [0.1, 0.15) is 0 Å². The van der Waals surface area contributed by atoms with Crippen LogP contribution in [-0.2, 0) is 0 Å². The summed E-state index contributed by atoms with van der Waals surface area (Å²) in [5, 5.41) is 2.97. The number of hydrogen-bond acceptors (Lipinski definition) is 3. The first-order chi connectivity index (χ1) is 12.5. The van der Waals surface area contributed by atoms with Gasteiger partial charge in [-0.25, -0.2) is 0 Å². The molecule has 2 aromatic carbocycles. The van der Waals surface area contributed by atoms with Crippen LogP contribution in [0, 0.1) is 13.8 Å². The highest BCUT2D eigenvalue weighted by Gasteiger charge is 2.20. The molecule has 2 amide bonds. The maximum Gasteiger partial charge on any atom is 0.255 e. The zero-order chi connectivity index (χ0) is 18.7. The van der Waals surface area contributed by atoms with E-state index in [1.54, 1.807) is 24.3 Å². The number of anilines is 1. The summed E-state index contributed by atoms with van der Waals surface area (Å²) in [4.78, 5) is 29.2. The Hall–Kier alpha value is -2.66. The van der Waals surface area contributed by atoms with Gasteiger partial charge in [-0.2, -0.15) is 0 Å². The first kappa shape index (κ1) is 18.1. The zero-order valence-electron chi connectivity index (χ0n) is 15.6. The van der Waals surface area contributed by atoms with Crippen molar-refractivity contribution in [1.82, 2.24) is 9.80 Å². The van der Waals surface area contributed by atoms with Gasteiger partial charge in [0.05, 0.1) is 0 Å². The number of nitrogens with zero attached hydrogens (tertiary/aromatic N) is 2. The van der Waals surface area contributed by atoms with Crippen molar-refractivity contribution < 1.29 is 9.59 Å². The van der Waals surface area contributed by atoms with Crippen molar-refractivity contribution in [2.45, 2.75) is 13.8 Å². The molecule has 1 heterocycles. The van der Waals surface area contributed by atoms with Gasteiger partial charge < -0.3 is 15.1 Å². The lowest BCUT2D eigenvalue weighted by molar-refractivity contribution is 0.0664.